The van der Waals surface area contributed by atoms with E-state index in [9.17, 15) is 4.79 Å². The molecule has 1 aromatic rings. The van der Waals surface area contributed by atoms with Crippen molar-refractivity contribution in [1.29, 1.82) is 0 Å². The third-order valence-electron chi connectivity index (χ3n) is 3.54. The van der Waals surface area contributed by atoms with Crippen LogP contribution in [0.1, 0.15) is 24.2 Å². The highest BCUT2D eigenvalue weighted by Crippen LogP contribution is 2.33. The number of nitrogen functional groups attached to an aromatic ring is 1. The molecule has 0 radical (unpaired) electrons. The monoisotopic (exact) mass is 294 g/mol. The maximum atomic E-state index is 11.9. The van der Waals surface area contributed by atoms with E-state index in [1.165, 1.54) is 14.2 Å². The van der Waals surface area contributed by atoms with Crippen LogP contribution in [0.2, 0.25) is 0 Å². The van der Waals surface area contributed by atoms with Crippen LogP contribution >= 0.6 is 0 Å². The molecule has 6 nitrogen and oxygen atoms in total. The molecular weight excluding hydrogens is 272 g/mol. The lowest BCUT2D eigenvalue weighted by molar-refractivity contribution is -0.0277. The molecule has 0 amide bonds. The minimum Gasteiger partial charge on any atom is -0.494 e. The van der Waals surface area contributed by atoms with Crippen LogP contribution in [-0.4, -0.2) is 45.5 Å². The first kappa shape index (κ1) is 15.4. The second-order valence-electron chi connectivity index (χ2n) is 5.63. The Morgan fingerprint density at radius 3 is 2.67 bits per heavy atom. The van der Waals surface area contributed by atoms with Crippen LogP contribution in [0.25, 0.3) is 0 Å². The van der Waals surface area contributed by atoms with Gasteiger partial charge in [-0.1, -0.05) is 0 Å². The average molecular weight is 294 g/mol. The number of benzene rings is 1. The van der Waals surface area contributed by atoms with E-state index in [2.05, 4.69) is 4.90 Å². The molecule has 1 saturated heterocycles. The van der Waals surface area contributed by atoms with E-state index in [4.69, 9.17) is 19.9 Å². The van der Waals surface area contributed by atoms with Crippen LogP contribution < -0.4 is 15.4 Å². The van der Waals surface area contributed by atoms with Gasteiger partial charge in [-0.05, 0) is 19.9 Å². The summed E-state index contributed by atoms with van der Waals surface area (Å²) in [5, 5.41) is 0. The zero-order valence-electron chi connectivity index (χ0n) is 12.9. The van der Waals surface area contributed by atoms with Crippen LogP contribution in [0.5, 0.6) is 5.75 Å². The predicted octanol–water partition coefficient (Wildman–Crippen LogP) is 1.68. The Morgan fingerprint density at radius 2 is 2.10 bits per heavy atom. The van der Waals surface area contributed by atoms with E-state index in [0.717, 1.165) is 18.8 Å². The second kappa shape index (κ2) is 5.81. The molecular formula is C15H22N2O4. The Morgan fingerprint density at radius 1 is 1.38 bits per heavy atom. The fraction of sp³-hybridized carbons (Fsp3) is 0.533. The first-order valence-electron chi connectivity index (χ1n) is 6.82. The molecule has 1 aromatic carbocycles. The Bertz CT molecular complexity index is 543. The third kappa shape index (κ3) is 3.21. The second-order valence-corrected chi connectivity index (χ2v) is 5.63. The summed E-state index contributed by atoms with van der Waals surface area (Å²) in [6, 6.07) is 3.58. The summed E-state index contributed by atoms with van der Waals surface area (Å²) < 4.78 is 15.8. The Kier molecular flexibility index (Phi) is 4.27. The Balaban J connectivity index is 2.42. The van der Waals surface area contributed by atoms with Crippen molar-refractivity contribution in [2.45, 2.75) is 19.4 Å². The molecule has 0 bridgehead atoms. The molecule has 1 fully saturated rings. The maximum Gasteiger partial charge on any atom is 0.340 e. The van der Waals surface area contributed by atoms with E-state index >= 15 is 0 Å². The first-order chi connectivity index (χ1) is 9.88. The highest BCUT2D eigenvalue weighted by atomic mass is 16.5. The van der Waals surface area contributed by atoms with E-state index in [1.54, 1.807) is 6.07 Å². The van der Waals surface area contributed by atoms with Crippen LogP contribution in [0.3, 0.4) is 0 Å². The topological polar surface area (TPSA) is 74.0 Å². The van der Waals surface area contributed by atoms with Gasteiger partial charge in [-0.3, -0.25) is 0 Å². The summed E-state index contributed by atoms with van der Waals surface area (Å²) in [6.07, 6.45) is 0. The third-order valence-corrected chi connectivity index (χ3v) is 3.54. The summed E-state index contributed by atoms with van der Waals surface area (Å²) in [5.74, 6) is -0.00244. The molecule has 21 heavy (non-hydrogen) atoms. The molecule has 6 heteroatoms. The summed E-state index contributed by atoms with van der Waals surface area (Å²) >= 11 is 0. The van der Waals surface area contributed by atoms with Gasteiger partial charge in [-0.15, -0.1) is 0 Å². The quantitative estimate of drug-likeness (QED) is 0.675. The summed E-state index contributed by atoms with van der Waals surface area (Å²) in [7, 11) is 2.86. The number of carbonyl (C=O) groups excluding carboxylic acids is 1. The van der Waals surface area contributed by atoms with Crippen molar-refractivity contribution < 1.29 is 19.0 Å². The molecule has 0 unspecified atom stereocenters. The van der Waals surface area contributed by atoms with Gasteiger partial charge in [0, 0.05) is 24.8 Å². The number of hydrogen-bond acceptors (Lipinski definition) is 6. The summed E-state index contributed by atoms with van der Waals surface area (Å²) in [5.41, 5.74) is 7.20. The number of nitrogens with zero attached hydrogens (tertiary/aromatic N) is 1. The fourth-order valence-electron chi connectivity index (χ4n) is 2.48. The molecule has 116 valence electrons. The van der Waals surface area contributed by atoms with Gasteiger partial charge in [0.15, 0.2) is 0 Å². The summed E-state index contributed by atoms with van der Waals surface area (Å²) in [4.78, 5) is 14.0. The number of methoxy groups -OCH3 is 2. The zero-order chi connectivity index (χ0) is 15.6. The maximum absolute atomic E-state index is 11.9. The number of ether oxygens (including phenoxy) is 3. The normalized spacial score (nSPS) is 17.4. The lowest BCUT2D eigenvalue weighted by Gasteiger charge is -2.39. The van der Waals surface area contributed by atoms with Crippen LogP contribution in [0, 0.1) is 0 Å². The van der Waals surface area contributed by atoms with E-state index in [-0.39, 0.29) is 5.60 Å². The largest absolute Gasteiger partial charge is 0.494 e. The molecule has 2 N–H and O–H groups in total. The van der Waals surface area contributed by atoms with Gasteiger partial charge in [0.2, 0.25) is 0 Å². The number of carbonyl (C=O) groups is 1. The molecule has 1 heterocycles. The highest BCUT2D eigenvalue weighted by molar-refractivity contribution is 5.98. The Labute approximate surface area is 124 Å². The minimum absolute atomic E-state index is 0.238. The lowest BCUT2D eigenvalue weighted by atomic mass is 10.1. The number of hydrogen-bond donors (Lipinski definition) is 1. The van der Waals surface area contributed by atoms with Gasteiger partial charge < -0.3 is 24.8 Å². The molecule has 0 spiro atoms. The summed E-state index contributed by atoms with van der Waals surface area (Å²) in [6.45, 7) is 6.18. The smallest absolute Gasteiger partial charge is 0.340 e. The molecule has 2 rings (SSSR count). The number of anilines is 2. The number of rotatable bonds is 3. The fourth-order valence-corrected chi connectivity index (χ4v) is 2.48. The van der Waals surface area contributed by atoms with Gasteiger partial charge in [-0.2, -0.15) is 0 Å². The van der Waals surface area contributed by atoms with Crippen molar-refractivity contribution >= 4 is 17.3 Å². The molecule has 0 aliphatic carbocycles. The van der Waals surface area contributed by atoms with E-state index in [0.29, 0.717) is 23.6 Å². The standard InChI is InChI=1S/C15H22N2O4/c1-15(2)9-17(5-6-21-15)10-7-11(14(18)20-4)13(16)12(8-10)19-3/h7-8H,5-6,9,16H2,1-4H3. The first-order valence-corrected chi connectivity index (χ1v) is 6.82. The lowest BCUT2D eigenvalue weighted by Crippen LogP contribution is -2.48. The van der Waals surface area contributed by atoms with Gasteiger partial charge in [-0.25, -0.2) is 4.79 Å². The molecule has 0 aromatic heterocycles. The van der Waals surface area contributed by atoms with E-state index in [1.807, 2.05) is 19.9 Å². The highest BCUT2D eigenvalue weighted by Gasteiger charge is 2.28. The minimum atomic E-state index is -0.472. The average Bonchev–Trinajstić information content (AvgIpc) is 2.45. The van der Waals surface area contributed by atoms with Crippen molar-refractivity contribution in [2.75, 3.05) is 44.5 Å². The van der Waals surface area contributed by atoms with Crippen molar-refractivity contribution in [2.24, 2.45) is 0 Å². The van der Waals surface area contributed by atoms with Crippen molar-refractivity contribution in [3.8, 4) is 5.75 Å². The molecule has 1 aliphatic rings. The van der Waals surface area contributed by atoms with Crippen molar-refractivity contribution in [3.05, 3.63) is 17.7 Å². The van der Waals surface area contributed by atoms with E-state index < -0.39 is 5.97 Å². The van der Waals surface area contributed by atoms with Crippen LogP contribution in [0.15, 0.2) is 12.1 Å². The zero-order valence-corrected chi connectivity index (χ0v) is 12.9. The molecule has 0 atom stereocenters. The van der Waals surface area contributed by atoms with Crippen LogP contribution in [0.4, 0.5) is 11.4 Å². The van der Waals surface area contributed by atoms with Gasteiger partial charge in [0.1, 0.15) is 5.75 Å². The Hall–Kier alpha value is -1.95. The SMILES string of the molecule is COC(=O)c1cc(N2CCOC(C)(C)C2)cc(OC)c1N. The van der Waals surface area contributed by atoms with Gasteiger partial charge >= 0.3 is 5.97 Å². The number of morpholine rings is 1. The van der Waals surface area contributed by atoms with Crippen molar-refractivity contribution in [1.82, 2.24) is 0 Å². The number of esters is 1. The van der Waals surface area contributed by atoms with Gasteiger partial charge in [0.25, 0.3) is 0 Å². The van der Waals surface area contributed by atoms with Crippen molar-refractivity contribution in [3.63, 3.8) is 0 Å². The predicted molar refractivity (Wildman–Crippen MR) is 81.0 cm³/mol. The molecule has 0 saturated carbocycles. The molecule has 1 aliphatic heterocycles. The number of nitrogens with two attached hydrogens (primary N) is 1. The van der Waals surface area contributed by atoms with Gasteiger partial charge in [0.05, 0.1) is 37.7 Å². The van der Waals surface area contributed by atoms with Crippen LogP contribution in [-0.2, 0) is 9.47 Å².